The first-order chi connectivity index (χ1) is 27.0. The topological polar surface area (TPSA) is 175 Å². The molecule has 0 bridgehead atoms. The van der Waals surface area contributed by atoms with Crippen molar-refractivity contribution in [3.63, 3.8) is 0 Å². The number of hydrogen-bond donors (Lipinski definition) is 4. The number of alkyl carbamates (subject to hydrolysis) is 2. The fourth-order valence-electron chi connectivity index (χ4n) is 7.24. The van der Waals surface area contributed by atoms with Gasteiger partial charge in [0.05, 0.1) is 49.2 Å². The van der Waals surface area contributed by atoms with Gasteiger partial charge in [-0.05, 0) is 85.3 Å². The van der Waals surface area contributed by atoms with Crippen molar-refractivity contribution in [1.82, 2.24) is 40.4 Å². The number of H-pyrrole nitrogens is 2. The van der Waals surface area contributed by atoms with Gasteiger partial charge in [0.15, 0.2) is 0 Å². The lowest BCUT2D eigenvalue weighted by Crippen LogP contribution is -2.51. The molecule has 2 aromatic carbocycles. The van der Waals surface area contributed by atoms with Crippen molar-refractivity contribution in [3.8, 4) is 34.9 Å². The molecular formula is C42H48N8O6. The molecule has 2 fully saturated rings. The zero-order valence-corrected chi connectivity index (χ0v) is 32.6. The lowest BCUT2D eigenvalue weighted by molar-refractivity contribution is -0.136. The maximum atomic E-state index is 13.5. The third kappa shape index (κ3) is 8.81. The second-order valence-corrected chi connectivity index (χ2v) is 14.7. The number of amides is 4. The van der Waals surface area contributed by atoms with Crippen LogP contribution in [0, 0.1) is 35.5 Å². The molecule has 4 heterocycles. The van der Waals surface area contributed by atoms with E-state index in [0.29, 0.717) is 24.7 Å². The van der Waals surface area contributed by atoms with Gasteiger partial charge in [0.1, 0.15) is 23.7 Å². The summed E-state index contributed by atoms with van der Waals surface area (Å²) in [5.74, 6) is 13.0. The largest absolute Gasteiger partial charge is 0.453 e. The van der Waals surface area contributed by atoms with E-state index in [9.17, 15) is 19.2 Å². The van der Waals surface area contributed by atoms with Gasteiger partial charge in [0.25, 0.3) is 0 Å². The first-order valence-corrected chi connectivity index (χ1v) is 18.9. The molecule has 0 unspecified atom stereocenters. The Morgan fingerprint density at radius 1 is 0.750 bits per heavy atom. The van der Waals surface area contributed by atoms with Crippen LogP contribution < -0.4 is 10.6 Å². The highest BCUT2D eigenvalue weighted by Gasteiger charge is 2.39. The van der Waals surface area contributed by atoms with Gasteiger partial charge in [-0.15, -0.1) is 0 Å². The van der Waals surface area contributed by atoms with Gasteiger partial charge in [-0.25, -0.2) is 19.6 Å². The molecule has 0 spiro atoms. The second kappa shape index (κ2) is 17.5. The maximum absolute atomic E-state index is 13.5. The number of methoxy groups -OCH3 is 2. The second-order valence-electron chi connectivity index (χ2n) is 14.7. The number of aromatic nitrogens is 4. The van der Waals surface area contributed by atoms with E-state index in [2.05, 4.69) is 49.3 Å². The Kier molecular flexibility index (Phi) is 12.3. The summed E-state index contributed by atoms with van der Waals surface area (Å²) in [6, 6.07) is 11.6. The predicted octanol–water partition coefficient (Wildman–Crippen LogP) is 5.44. The summed E-state index contributed by atoms with van der Waals surface area (Å²) in [6.07, 6.45) is 3.71. The highest BCUT2D eigenvalue weighted by atomic mass is 16.5. The van der Waals surface area contributed by atoms with Crippen LogP contribution in [0.1, 0.15) is 88.2 Å². The van der Waals surface area contributed by atoms with Crippen LogP contribution in [-0.4, -0.2) is 93.1 Å². The first-order valence-electron chi connectivity index (χ1n) is 18.9. The van der Waals surface area contributed by atoms with Crippen LogP contribution in [-0.2, 0) is 19.1 Å². The van der Waals surface area contributed by atoms with E-state index in [0.717, 1.165) is 59.1 Å². The fraction of sp³-hybridized carbons (Fsp3) is 0.429. The van der Waals surface area contributed by atoms with Gasteiger partial charge in [-0.1, -0.05) is 51.7 Å². The van der Waals surface area contributed by atoms with Gasteiger partial charge < -0.3 is 39.9 Å². The average Bonchev–Trinajstić information content (AvgIpc) is 4.03. The Balaban J connectivity index is 1.09. The van der Waals surface area contributed by atoms with Crippen LogP contribution in [0.5, 0.6) is 0 Å². The third-order valence-corrected chi connectivity index (χ3v) is 10.3. The van der Waals surface area contributed by atoms with Crippen LogP contribution in [0.4, 0.5) is 9.59 Å². The molecule has 0 radical (unpaired) electrons. The van der Waals surface area contributed by atoms with Crippen molar-refractivity contribution in [2.75, 3.05) is 27.3 Å². The molecule has 292 valence electrons. The summed E-state index contributed by atoms with van der Waals surface area (Å²) in [7, 11) is 2.56. The van der Waals surface area contributed by atoms with Crippen LogP contribution in [0.15, 0.2) is 48.7 Å². The number of fused-ring (bicyclic) bond motifs is 1. The van der Waals surface area contributed by atoms with Crippen molar-refractivity contribution in [3.05, 3.63) is 71.4 Å². The van der Waals surface area contributed by atoms with E-state index in [4.69, 9.17) is 14.5 Å². The van der Waals surface area contributed by atoms with Crippen molar-refractivity contribution in [2.45, 2.75) is 77.5 Å². The normalized spacial score (nSPS) is 17.5. The molecule has 2 aromatic heterocycles. The van der Waals surface area contributed by atoms with Crippen LogP contribution in [0.3, 0.4) is 0 Å². The Morgan fingerprint density at radius 2 is 1.29 bits per heavy atom. The van der Waals surface area contributed by atoms with Crippen molar-refractivity contribution in [2.24, 2.45) is 11.8 Å². The molecule has 2 aliphatic rings. The predicted molar refractivity (Wildman–Crippen MR) is 210 cm³/mol. The van der Waals surface area contributed by atoms with Crippen molar-refractivity contribution < 1.29 is 28.7 Å². The summed E-state index contributed by atoms with van der Waals surface area (Å²) < 4.78 is 9.48. The van der Waals surface area contributed by atoms with E-state index in [1.54, 1.807) is 16.0 Å². The highest BCUT2D eigenvalue weighted by Crippen LogP contribution is 2.34. The number of likely N-dealkylation sites (tertiary alicyclic amines) is 2. The monoisotopic (exact) mass is 760 g/mol. The zero-order chi connectivity index (χ0) is 39.9. The number of ether oxygens (including phenoxy) is 2. The molecule has 14 heteroatoms. The number of hydrogen-bond acceptors (Lipinski definition) is 8. The Hall–Kier alpha value is -6.28. The zero-order valence-electron chi connectivity index (χ0n) is 32.6. The number of aromatic amines is 2. The molecule has 4 atom stereocenters. The average molecular weight is 761 g/mol. The minimum Gasteiger partial charge on any atom is -0.453 e. The molecule has 0 aliphatic carbocycles. The summed E-state index contributed by atoms with van der Waals surface area (Å²) >= 11 is 0. The summed E-state index contributed by atoms with van der Waals surface area (Å²) in [5.41, 5.74) is 4.92. The summed E-state index contributed by atoms with van der Waals surface area (Å²) in [4.78, 5) is 70.6. The lowest BCUT2D eigenvalue weighted by Gasteiger charge is -2.30. The van der Waals surface area contributed by atoms with Crippen molar-refractivity contribution in [1.29, 1.82) is 0 Å². The van der Waals surface area contributed by atoms with Crippen LogP contribution >= 0.6 is 0 Å². The Bertz CT molecular complexity index is 2200. The number of nitrogens with one attached hydrogen (secondary N) is 4. The molecule has 0 saturated carbocycles. The molecule has 56 heavy (non-hydrogen) atoms. The molecule has 4 amide bonds. The quantitative estimate of drug-likeness (QED) is 0.163. The van der Waals surface area contributed by atoms with Gasteiger partial charge >= 0.3 is 12.2 Å². The van der Waals surface area contributed by atoms with Crippen LogP contribution in [0.2, 0.25) is 0 Å². The SMILES string of the molecule is COC(=O)N[C@H](C(=O)N1CCC[C@H]1c1ncc(-c2ccc(C#CC#Cc3ccc4nc([C@@H]5CCCN5C(=O)[C@@H](NC(=O)OC)C(C)C)[nH]c4c3)cc2)[nH]1)C(C)C. The van der Waals surface area contributed by atoms with E-state index < -0.39 is 24.3 Å². The standard InChI is InChI=1S/C42H48N8O6/c1-25(2)35(47-41(53)55-5)39(51)49-21-9-13-33(49)37-43-24-32(46-37)29-18-15-27(16-19-29)11-7-8-12-28-17-20-30-31(23-28)45-38(44-30)34-14-10-22-50(34)40(52)36(26(3)4)48-42(54)56-6/h15-20,23-26,33-36H,9-10,13-14,21-22H2,1-6H3,(H,43,46)(H,44,45)(H,47,53)(H,48,54)/t33-,34-,35-,36-/m0/s1. The molecule has 2 saturated heterocycles. The lowest BCUT2D eigenvalue weighted by atomic mass is 10.0. The van der Waals surface area contributed by atoms with Gasteiger partial charge in [-0.3, -0.25) is 9.59 Å². The maximum Gasteiger partial charge on any atom is 0.407 e. The van der Waals surface area contributed by atoms with Gasteiger partial charge in [0.2, 0.25) is 11.8 Å². The fourth-order valence-corrected chi connectivity index (χ4v) is 7.24. The van der Waals surface area contributed by atoms with E-state index in [1.165, 1.54) is 14.2 Å². The Labute approximate surface area is 326 Å². The van der Waals surface area contributed by atoms with Crippen LogP contribution in [0.25, 0.3) is 22.3 Å². The first kappa shape index (κ1) is 39.4. The minimum atomic E-state index is -0.700. The number of nitrogens with zero attached hydrogens (tertiary/aromatic N) is 4. The molecule has 4 N–H and O–H groups in total. The van der Waals surface area contributed by atoms with Gasteiger partial charge in [0, 0.05) is 24.2 Å². The minimum absolute atomic E-state index is 0.110. The molecular weight excluding hydrogens is 713 g/mol. The van der Waals surface area contributed by atoms with E-state index in [-0.39, 0.29) is 35.7 Å². The third-order valence-electron chi connectivity index (χ3n) is 10.3. The Morgan fingerprint density at radius 3 is 1.84 bits per heavy atom. The summed E-state index contributed by atoms with van der Waals surface area (Å²) in [5, 5.41) is 5.36. The smallest absolute Gasteiger partial charge is 0.407 e. The number of rotatable bonds is 9. The van der Waals surface area contributed by atoms with Gasteiger partial charge in [-0.2, -0.15) is 0 Å². The molecule has 14 nitrogen and oxygen atoms in total. The number of carbonyl (C=O) groups excluding carboxylic acids is 4. The summed E-state index contributed by atoms with van der Waals surface area (Å²) in [6.45, 7) is 8.73. The molecule has 4 aromatic rings. The number of imidazole rings is 2. The molecule has 2 aliphatic heterocycles. The molecule has 6 rings (SSSR count). The van der Waals surface area contributed by atoms with E-state index >= 15 is 0 Å². The highest BCUT2D eigenvalue weighted by molar-refractivity contribution is 5.87. The number of benzene rings is 2. The number of carbonyl (C=O) groups is 4. The van der Waals surface area contributed by atoms with E-state index in [1.807, 2.05) is 70.2 Å². The van der Waals surface area contributed by atoms with Crippen molar-refractivity contribution >= 4 is 35.0 Å².